The predicted octanol–water partition coefficient (Wildman–Crippen LogP) is -0.752. The Morgan fingerprint density at radius 2 is 2.18 bits per heavy atom. The molecule has 1 saturated carbocycles. The predicted molar refractivity (Wildman–Crippen MR) is 75.6 cm³/mol. The zero-order valence-electron chi connectivity index (χ0n) is 11.4. The maximum absolute atomic E-state index is 10.8. The summed E-state index contributed by atoms with van der Waals surface area (Å²) >= 11 is 1.14. The van der Waals surface area contributed by atoms with Gasteiger partial charge >= 0.3 is 0 Å². The molecule has 2 fully saturated rings. The number of hydrogen-bond acceptors (Lipinski definition) is 9. The summed E-state index contributed by atoms with van der Waals surface area (Å²) < 4.78 is 5.59. The Hall–Kier alpha value is -1.83. The first-order valence-corrected chi connectivity index (χ1v) is 7.39. The second-order valence-corrected chi connectivity index (χ2v) is 6.64. The molecule has 2 aromatic heterocycles. The van der Waals surface area contributed by atoms with Crippen molar-refractivity contribution in [2.24, 2.45) is 0 Å². The van der Waals surface area contributed by atoms with Gasteiger partial charge in [0, 0.05) is 5.38 Å². The van der Waals surface area contributed by atoms with E-state index in [9.17, 15) is 20.6 Å². The van der Waals surface area contributed by atoms with E-state index in [1.54, 1.807) is 5.38 Å². The monoisotopic (exact) mass is 320 g/mol. The number of anilines is 1. The van der Waals surface area contributed by atoms with E-state index >= 15 is 0 Å². The highest BCUT2D eigenvalue weighted by atomic mass is 32.1. The third-order valence-electron chi connectivity index (χ3n) is 4.73. The van der Waals surface area contributed by atoms with Crippen molar-refractivity contribution in [3.05, 3.63) is 16.6 Å². The minimum Gasteiger partial charge on any atom is -0.387 e. The lowest BCUT2D eigenvalue weighted by molar-refractivity contribution is -0.165. The average Bonchev–Trinajstić information content (AvgIpc) is 2.81. The van der Waals surface area contributed by atoms with Gasteiger partial charge in [-0.05, 0) is 6.92 Å². The second-order valence-electron chi connectivity index (χ2n) is 5.76. The summed E-state index contributed by atoms with van der Waals surface area (Å²) in [5.41, 5.74) is 0.457. The third kappa shape index (κ3) is 1.19. The van der Waals surface area contributed by atoms with Crippen molar-refractivity contribution in [3.8, 4) is 6.07 Å². The van der Waals surface area contributed by atoms with Gasteiger partial charge in [-0.1, -0.05) is 0 Å². The van der Waals surface area contributed by atoms with Gasteiger partial charge in [0.25, 0.3) is 0 Å². The number of aliphatic hydroxyl groups is 3. The van der Waals surface area contributed by atoms with Crippen LogP contribution in [-0.4, -0.2) is 48.7 Å². The molecule has 3 heterocycles. The molecule has 1 aliphatic heterocycles. The SMILES string of the molecule is C[C@]1(O)[C@](C#N)(c2scc3c(N)ncnc23)O[C@@H]2C(O)[C@@]21O. The number of ether oxygens (including phenoxy) is 1. The van der Waals surface area contributed by atoms with Crippen LogP contribution in [0.4, 0.5) is 5.82 Å². The zero-order chi connectivity index (χ0) is 15.9. The van der Waals surface area contributed by atoms with E-state index in [1.165, 1.54) is 13.3 Å². The molecule has 0 aromatic carbocycles. The molecule has 2 aliphatic rings. The van der Waals surface area contributed by atoms with Crippen LogP contribution in [0.3, 0.4) is 0 Å². The maximum atomic E-state index is 10.8. The van der Waals surface area contributed by atoms with Crippen LogP contribution in [0.2, 0.25) is 0 Å². The van der Waals surface area contributed by atoms with Crippen LogP contribution < -0.4 is 5.73 Å². The number of nitrogens with two attached hydrogens (primary N) is 1. The lowest BCUT2D eigenvalue weighted by Crippen LogP contribution is -2.56. The zero-order valence-corrected chi connectivity index (χ0v) is 12.2. The molecule has 114 valence electrons. The van der Waals surface area contributed by atoms with Crippen LogP contribution >= 0.6 is 11.3 Å². The molecule has 4 rings (SSSR count). The van der Waals surface area contributed by atoms with Crippen LogP contribution in [0.15, 0.2) is 11.7 Å². The highest BCUT2D eigenvalue weighted by Crippen LogP contribution is 2.64. The number of rotatable bonds is 1. The summed E-state index contributed by atoms with van der Waals surface area (Å²) in [6, 6.07) is 1.95. The normalized spacial score (nSPS) is 43.0. The van der Waals surface area contributed by atoms with E-state index in [0.29, 0.717) is 15.8 Å². The molecule has 0 radical (unpaired) electrons. The van der Waals surface area contributed by atoms with E-state index in [-0.39, 0.29) is 5.82 Å². The Morgan fingerprint density at radius 3 is 2.77 bits per heavy atom. The second kappa shape index (κ2) is 3.73. The van der Waals surface area contributed by atoms with Gasteiger partial charge in [-0.15, -0.1) is 11.3 Å². The van der Waals surface area contributed by atoms with Crippen molar-refractivity contribution in [3.63, 3.8) is 0 Å². The van der Waals surface area contributed by atoms with Crippen LogP contribution in [0, 0.1) is 11.3 Å². The fourth-order valence-corrected chi connectivity index (χ4v) is 4.42. The summed E-state index contributed by atoms with van der Waals surface area (Å²) in [6.07, 6.45) is -0.985. The number of thiophene rings is 1. The van der Waals surface area contributed by atoms with E-state index in [2.05, 4.69) is 9.97 Å². The smallest absolute Gasteiger partial charge is 0.222 e. The quantitative estimate of drug-likeness (QED) is 0.537. The summed E-state index contributed by atoms with van der Waals surface area (Å²) in [4.78, 5) is 8.33. The molecule has 9 heteroatoms. The molecule has 5 N–H and O–H groups in total. The molecule has 22 heavy (non-hydrogen) atoms. The molecule has 5 atom stereocenters. The first-order valence-electron chi connectivity index (χ1n) is 6.51. The van der Waals surface area contributed by atoms with Crippen molar-refractivity contribution in [1.82, 2.24) is 9.97 Å². The Kier molecular flexibility index (Phi) is 2.34. The molecular weight excluding hydrogens is 308 g/mol. The van der Waals surface area contributed by atoms with E-state index < -0.39 is 29.0 Å². The fourth-order valence-electron chi connectivity index (χ4n) is 3.22. The fraction of sp³-hybridized carbons (Fsp3) is 0.462. The van der Waals surface area contributed by atoms with Crippen molar-refractivity contribution in [1.29, 1.82) is 5.26 Å². The van der Waals surface area contributed by atoms with Crippen molar-refractivity contribution in [2.45, 2.75) is 35.9 Å². The van der Waals surface area contributed by atoms with Crippen LogP contribution in [0.25, 0.3) is 10.9 Å². The van der Waals surface area contributed by atoms with Crippen molar-refractivity contribution < 1.29 is 20.1 Å². The Bertz CT molecular complexity index is 846. The summed E-state index contributed by atoms with van der Waals surface area (Å²) in [5.74, 6) is 0.252. The summed E-state index contributed by atoms with van der Waals surface area (Å²) in [5, 5.41) is 42.9. The molecule has 1 saturated heterocycles. The number of fused-ring (bicyclic) bond motifs is 2. The topological polar surface area (TPSA) is 146 Å². The highest BCUT2D eigenvalue weighted by Gasteiger charge is 2.87. The first-order chi connectivity index (χ1) is 10.3. The highest BCUT2D eigenvalue weighted by molar-refractivity contribution is 7.11. The van der Waals surface area contributed by atoms with Crippen LogP contribution in [0.1, 0.15) is 11.8 Å². The molecule has 0 spiro atoms. The number of nitrogens with zero attached hydrogens (tertiary/aromatic N) is 3. The number of nitriles is 1. The standard InChI is InChI=1S/C13H12N4O4S/c1-11(19)12(3-14,21-8-7(18)13(8,11)20)9-6-5(2-22-9)10(15)17-4-16-6/h2,4,7-8,18-20H,1H3,(H2,15,16,17)/t7?,8-,11+,12+,13-/m1/s1. The van der Waals surface area contributed by atoms with Gasteiger partial charge in [0.2, 0.25) is 5.60 Å². The van der Waals surface area contributed by atoms with Gasteiger partial charge in [-0.3, -0.25) is 0 Å². The lowest BCUT2D eigenvalue weighted by Gasteiger charge is -2.37. The lowest BCUT2D eigenvalue weighted by atomic mass is 9.79. The van der Waals surface area contributed by atoms with Gasteiger partial charge in [0.05, 0.1) is 15.8 Å². The maximum Gasteiger partial charge on any atom is 0.222 e. The summed E-state index contributed by atoms with van der Waals surface area (Å²) in [7, 11) is 0. The summed E-state index contributed by atoms with van der Waals surface area (Å²) in [6.45, 7) is 1.28. The molecule has 0 amide bonds. The van der Waals surface area contributed by atoms with E-state index in [0.717, 1.165) is 11.3 Å². The first kappa shape index (κ1) is 13.8. The largest absolute Gasteiger partial charge is 0.387 e. The Balaban J connectivity index is 1.97. The van der Waals surface area contributed by atoms with Gasteiger partial charge in [0.15, 0.2) is 5.60 Å². The molecule has 1 unspecified atom stereocenters. The number of aromatic nitrogens is 2. The van der Waals surface area contributed by atoms with E-state index in [4.69, 9.17) is 10.5 Å². The average molecular weight is 320 g/mol. The Morgan fingerprint density at radius 1 is 1.45 bits per heavy atom. The Labute approximate surface area is 128 Å². The van der Waals surface area contributed by atoms with Crippen molar-refractivity contribution in [2.75, 3.05) is 5.73 Å². The minimum atomic E-state index is -2.00. The molecular formula is C13H12N4O4S. The third-order valence-corrected chi connectivity index (χ3v) is 5.80. The van der Waals surface area contributed by atoms with Gasteiger partial charge < -0.3 is 25.8 Å². The molecule has 1 aliphatic carbocycles. The number of nitrogen functional groups attached to an aromatic ring is 1. The van der Waals surface area contributed by atoms with Crippen molar-refractivity contribution >= 4 is 28.1 Å². The molecule has 2 aromatic rings. The molecule has 0 bridgehead atoms. The van der Waals surface area contributed by atoms with Gasteiger partial charge in [-0.25, -0.2) is 9.97 Å². The molecule has 8 nitrogen and oxygen atoms in total. The van der Waals surface area contributed by atoms with Gasteiger partial charge in [-0.2, -0.15) is 5.26 Å². The number of hydrogen-bond donors (Lipinski definition) is 4. The number of aliphatic hydroxyl groups excluding tert-OH is 1. The minimum absolute atomic E-state index is 0.252. The van der Waals surface area contributed by atoms with Crippen LogP contribution in [-0.2, 0) is 10.3 Å². The van der Waals surface area contributed by atoms with Crippen LogP contribution in [0.5, 0.6) is 0 Å². The van der Waals surface area contributed by atoms with Gasteiger partial charge in [0.1, 0.15) is 36.0 Å². The van der Waals surface area contributed by atoms with E-state index in [1.807, 2.05) is 6.07 Å².